The molecule has 0 unspecified atom stereocenters. The molecule has 2 fully saturated rings. The van der Waals surface area contributed by atoms with Gasteiger partial charge >= 0.3 is 0 Å². The van der Waals surface area contributed by atoms with E-state index in [2.05, 4.69) is 4.90 Å². The summed E-state index contributed by atoms with van der Waals surface area (Å²) in [6, 6.07) is 3.87. The lowest BCUT2D eigenvalue weighted by Gasteiger charge is -2.38. The third-order valence-corrected chi connectivity index (χ3v) is 5.16. The maximum Gasteiger partial charge on any atom is 0.225 e. The normalized spacial score (nSPS) is 27.3. The minimum absolute atomic E-state index is 0.00559. The molecule has 6 nitrogen and oxygen atoms in total. The quantitative estimate of drug-likeness (QED) is 0.853. The smallest absolute Gasteiger partial charge is 0.225 e. The lowest BCUT2D eigenvalue weighted by Crippen LogP contribution is -2.50. The summed E-state index contributed by atoms with van der Waals surface area (Å²) < 4.78 is 5.37. The van der Waals surface area contributed by atoms with Gasteiger partial charge in [-0.1, -0.05) is 0 Å². The highest BCUT2D eigenvalue weighted by Crippen LogP contribution is 2.24. The number of rotatable bonds is 4. The number of β-amino-alcohol motifs (C(OH)–C–C–N with tert-alkyl or cyclic N) is 1. The van der Waals surface area contributed by atoms with Gasteiger partial charge in [0.2, 0.25) is 5.91 Å². The Morgan fingerprint density at radius 1 is 1.26 bits per heavy atom. The van der Waals surface area contributed by atoms with Crippen molar-refractivity contribution in [3.63, 3.8) is 0 Å². The Morgan fingerprint density at radius 3 is 2.65 bits per heavy atom. The fourth-order valence-electron chi connectivity index (χ4n) is 3.61. The van der Waals surface area contributed by atoms with E-state index in [0.717, 1.165) is 38.2 Å². The summed E-state index contributed by atoms with van der Waals surface area (Å²) in [7, 11) is 0. The number of carbonyl (C=O) groups is 1. The monoisotopic (exact) mass is 322 g/mol. The van der Waals surface area contributed by atoms with E-state index in [1.165, 1.54) is 0 Å². The zero-order chi connectivity index (χ0) is 16.2. The maximum absolute atomic E-state index is 12.6. The first-order valence-electron chi connectivity index (χ1n) is 8.50. The molecule has 3 rings (SSSR count). The average Bonchev–Trinajstić information content (AvgIpc) is 3.08. The molecule has 0 bridgehead atoms. The van der Waals surface area contributed by atoms with Crippen molar-refractivity contribution < 1.29 is 19.4 Å². The van der Waals surface area contributed by atoms with E-state index < -0.39 is 6.10 Å². The van der Waals surface area contributed by atoms with Gasteiger partial charge in [0.15, 0.2) is 0 Å². The molecular weight excluding hydrogens is 296 g/mol. The molecular formula is C17H26N2O4. The molecule has 0 spiro atoms. The second kappa shape index (κ2) is 7.47. The fourth-order valence-corrected chi connectivity index (χ4v) is 3.61. The third kappa shape index (κ3) is 3.94. The highest BCUT2D eigenvalue weighted by atomic mass is 16.3. The average molecular weight is 322 g/mol. The van der Waals surface area contributed by atoms with Gasteiger partial charge in [0, 0.05) is 31.5 Å². The van der Waals surface area contributed by atoms with Crippen LogP contribution in [0, 0.1) is 11.8 Å². The molecule has 0 saturated carbocycles. The van der Waals surface area contributed by atoms with Crippen LogP contribution in [0.3, 0.4) is 0 Å². The van der Waals surface area contributed by atoms with Gasteiger partial charge in [-0.05, 0) is 44.5 Å². The summed E-state index contributed by atoms with van der Waals surface area (Å²) in [5.74, 6) is 1.09. The second-order valence-electron chi connectivity index (χ2n) is 6.71. The van der Waals surface area contributed by atoms with Crippen molar-refractivity contribution in [1.29, 1.82) is 0 Å². The molecule has 2 saturated heterocycles. The topological polar surface area (TPSA) is 77.2 Å². The Kier molecular flexibility index (Phi) is 5.35. The van der Waals surface area contributed by atoms with E-state index >= 15 is 0 Å². The maximum atomic E-state index is 12.6. The van der Waals surface area contributed by atoms with Crippen LogP contribution in [-0.4, -0.2) is 64.8 Å². The zero-order valence-corrected chi connectivity index (χ0v) is 13.4. The van der Waals surface area contributed by atoms with Gasteiger partial charge < -0.3 is 19.5 Å². The first-order valence-corrected chi connectivity index (χ1v) is 8.50. The van der Waals surface area contributed by atoms with Gasteiger partial charge in [-0.25, -0.2) is 0 Å². The Morgan fingerprint density at radius 2 is 2.04 bits per heavy atom. The summed E-state index contributed by atoms with van der Waals surface area (Å²) in [6.45, 7) is 3.59. The molecule has 1 aromatic rings. The Hall–Kier alpha value is -1.37. The molecule has 0 aliphatic carbocycles. The molecule has 23 heavy (non-hydrogen) atoms. The number of nitrogens with zero attached hydrogens (tertiary/aromatic N) is 2. The molecule has 1 aromatic heterocycles. The van der Waals surface area contributed by atoms with Gasteiger partial charge in [-0.15, -0.1) is 0 Å². The Balaban J connectivity index is 1.46. The van der Waals surface area contributed by atoms with Gasteiger partial charge in [0.1, 0.15) is 5.76 Å². The standard InChI is InChI=1S/C17H26N2O4/c20-12-14-5-8-19(11-16(14)21)17(22)13-3-6-18(7-4-13)10-15-2-1-9-23-15/h1-2,9,13-14,16,20-21H,3-8,10-12H2/t14-,16+/m1/s1. The van der Waals surface area contributed by atoms with E-state index in [4.69, 9.17) is 4.42 Å². The number of aliphatic hydroxyl groups is 2. The number of piperidine rings is 2. The Bertz CT molecular complexity index is 497. The summed E-state index contributed by atoms with van der Waals surface area (Å²) in [5.41, 5.74) is 0. The highest BCUT2D eigenvalue weighted by Gasteiger charge is 2.34. The summed E-state index contributed by atoms with van der Waals surface area (Å²) in [4.78, 5) is 16.7. The number of carbonyl (C=O) groups excluding carboxylic acids is 1. The lowest BCUT2D eigenvalue weighted by molar-refractivity contribution is -0.142. The van der Waals surface area contributed by atoms with E-state index in [0.29, 0.717) is 19.5 Å². The van der Waals surface area contributed by atoms with Crippen LogP contribution in [0.5, 0.6) is 0 Å². The van der Waals surface area contributed by atoms with E-state index in [9.17, 15) is 15.0 Å². The summed E-state index contributed by atoms with van der Waals surface area (Å²) >= 11 is 0. The van der Waals surface area contributed by atoms with Gasteiger partial charge in [0.05, 0.1) is 18.9 Å². The van der Waals surface area contributed by atoms with Crippen LogP contribution in [0.2, 0.25) is 0 Å². The van der Waals surface area contributed by atoms with Crippen molar-refractivity contribution in [3.05, 3.63) is 24.2 Å². The molecule has 6 heteroatoms. The molecule has 2 aliphatic heterocycles. The molecule has 0 radical (unpaired) electrons. The van der Waals surface area contributed by atoms with E-state index in [1.54, 1.807) is 11.2 Å². The number of aliphatic hydroxyl groups excluding tert-OH is 2. The van der Waals surface area contributed by atoms with Crippen molar-refractivity contribution in [2.75, 3.05) is 32.8 Å². The van der Waals surface area contributed by atoms with E-state index in [1.807, 2.05) is 12.1 Å². The van der Waals surface area contributed by atoms with Crippen LogP contribution in [0.4, 0.5) is 0 Å². The minimum atomic E-state index is -0.600. The fraction of sp³-hybridized carbons (Fsp3) is 0.706. The highest BCUT2D eigenvalue weighted by molar-refractivity contribution is 5.79. The first kappa shape index (κ1) is 16.5. The van der Waals surface area contributed by atoms with Crippen LogP contribution in [0.1, 0.15) is 25.0 Å². The molecule has 3 heterocycles. The van der Waals surface area contributed by atoms with Crippen molar-refractivity contribution in [3.8, 4) is 0 Å². The number of likely N-dealkylation sites (tertiary alicyclic amines) is 2. The molecule has 2 atom stereocenters. The lowest BCUT2D eigenvalue weighted by atomic mass is 9.91. The van der Waals surface area contributed by atoms with Crippen LogP contribution >= 0.6 is 0 Å². The third-order valence-electron chi connectivity index (χ3n) is 5.16. The van der Waals surface area contributed by atoms with Crippen molar-refractivity contribution in [1.82, 2.24) is 9.80 Å². The summed E-state index contributed by atoms with van der Waals surface area (Å²) in [6.07, 6.45) is 3.48. The molecule has 0 aromatic carbocycles. The molecule has 2 N–H and O–H groups in total. The number of hydrogen-bond acceptors (Lipinski definition) is 5. The molecule has 1 amide bonds. The van der Waals surface area contributed by atoms with Crippen molar-refractivity contribution in [2.45, 2.75) is 31.9 Å². The van der Waals surface area contributed by atoms with Crippen LogP contribution in [0.15, 0.2) is 22.8 Å². The molecule has 128 valence electrons. The SMILES string of the molecule is O=C(C1CCN(Cc2ccco2)CC1)N1CC[C@H](CO)[C@@H](O)C1. The van der Waals surface area contributed by atoms with Gasteiger partial charge in [-0.3, -0.25) is 9.69 Å². The number of furan rings is 1. The minimum Gasteiger partial charge on any atom is -0.468 e. The molecule has 2 aliphatic rings. The predicted octanol–water partition coefficient (Wildman–Crippen LogP) is 0.693. The van der Waals surface area contributed by atoms with Gasteiger partial charge in [0.25, 0.3) is 0 Å². The second-order valence-corrected chi connectivity index (χ2v) is 6.71. The van der Waals surface area contributed by atoms with Gasteiger partial charge in [-0.2, -0.15) is 0 Å². The van der Waals surface area contributed by atoms with E-state index in [-0.39, 0.29) is 24.3 Å². The van der Waals surface area contributed by atoms with Crippen LogP contribution in [-0.2, 0) is 11.3 Å². The Labute approximate surface area is 136 Å². The van der Waals surface area contributed by atoms with Crippen molar-refractivity contribution in [2.24, 2.45) is 11.8 Å². The van der Waals surface area contributed by atoms with Crippen molar-refractivity contribution >= 4 is 5.91 Å². The van der Waals surface area contributed by atoms with Crippen LogP contribution in [0.25, 0.3) is 0 Å². The number of amides is 1. The van der Waals surface area contributed by atoms with Crippen LogP contribution < -0.4 is 0 Å². The predicted molar refractivity (Wildman–Crippen MR) is 84.5 cm³/mol. The zero-order valence-electron chi connectivity index (χ0n) is 13.4. The largest absolute Gasteiger partial charge is 0.468 e. The summed E-state index contributed by atoms with van der Waals surface area (Å²) in [5, 5.41) is 19.2. The number of hydrogen-bond donors (Lipinski definition) is 2. The first-order chi connectivity index (χ1) is 11.2.